The summed E-state index contributed by atoms with van der Waals surface area (Å²) < 4.78 is 0. The molecule has 0 radical (unpaired) electrons. The smallest absolute Gasteiger partial charge is 0.226 e. The molecule has 1 unspecified atom stereocenters. The highest BCUT2D eigenvalue weighted by Crippen LogP contribution is 2.08. The van der Waals surface area contributed by atoms with Gasteiger partial charge in [-0.15, -0.1) is 0 Å². The average molecular weight is 275 g/mol. The lowest BCUT2D eigenvalue weighted by molar-refractivity contribution is -0.121. The molecule has 2 aromatic heterocycles. The fourth-order valence-electron chi connectivity index (χ4n) is 1.84. The Balaban J connectivity index is 1.82. The number of carbonyl (C=O) groups excluding carboxylic acids is 1. The van der Waals surface area contributed by atoms with Crippen molar-refractivity contribution in [3.63, 3.8) is 0 Å². The summed E-state index contributed by atoms with van der Waals surface area (Å²) in [5.41, 5.74) is 8.14. The molecule has 100 valence electrons. The molecule has 0 saturated carbocycles. The summed E-state index contributed by atoms with van der Waals surface area (Å²) in [5.74, 6) is -0.0139. The molecule has 0 fully saturated rings. The Hall–Kier alpha value is -1.88. The Morgan fingerprint density at radius 2 is 2.32 bits per heavy atom. The predicted molar refractivity (Wildman–Crippen MR) is 78.0 cm³/mol. The summed E-state index contributed by atoms with van der Waals surface area (Å²) in [6.07, 6.45) is 2.70. The van der Waals surface area contributed by atoms with Crippen molar-refractivity contribution in [2.45, 2.75) is 25.8 Å². The fourth-order valence-corrected chi connectivity index (χ4v) is 2.53. The highest BCUT2D eigenvalue weighted by atomic mass is 32.1. The van der Waals surface area contributed by atoms with Crippen LogP contribution in [0, 0.1) is 0 Å². The van der Waals surface area contributed by atoms with E-state index in [0.29, 0.717) is 5.69 Å². The second-order valence-electron chi connectivity index (χ2n) is 4.56. The van der Waals surface area contributed by atoms with E-state index in [-0.39, 0.29) is 18.4 Å². The zero-order valence-electron chi connectivity index (χ0n) is 10.8. The maximum Gasteiger partial charge on any atom is 0.226 e. The number of hydrogen-bond acceptors (Lipinski definition) is 4. The molecule has 2 rings (SSSR count). The van der Waals surface area contributed by atoms with Crippen LogP contribution >= 0.6 is 11.3 Å². The van der Waals surface area contributed by atoms with Crippen molar-refractivity contribution in [3.8, 4) is 0 Å². The number of carbonyl (C=O) groups is 1. The van der Waals surface area contributed by atoms with Crippen LogP contribution in [0.1, 0.15) is 18.2 Å². The van der Waals surface area contributed by atoms with Crippen molar-refractivity contribution in [2.75, 3.05) is 5.73 Å². The molecule has 5 heteroatoms. The van der Waals surface area contributed by atoms with Crippen molar-refractivity contribution >= 4 is 22.9 Å². The van der Waals surface area contributed by atoms with Crippen molar-refractivity contribution < 1.29 is 4.79 Å². The number of nitrogens with zero attached hydrogens (tertiary/aromatic N) is 1. The molecule has 1 amide bonds. The quantitative estimate of drug-likeness (QED) is 0.877. The van der Waals surface area contributed by atoms with Gasteiger partial charge < -0.3 is 11.1 Å². The Morgan fingerprint density at radius 3 is 2.95 bits per heavy atom. The lowest BCUT2D eigenvalue weighted by Crippen LogP contribution is -2.35. The maximum absolute atomic E-state index is 11.9. The van der Waals surface area contributed by atoms with Crippen LogP contribution in [-0.2, 0) is 17.6 Å². The summed E-state index contributed by atoms with van der Waals surface area (Å²) >= 11 is 1.67. The average Bonchev–Trinajstić information content (AvgIpc) is 2.84. The van der Waals surface area contributed by atoms with Crippen LogP contribution in [0.15, 0.2) is 35.2 Å². The van der Waals surface area contributed by atoms with E-state index in [2.05, 4.69) is 21.7 Å². The molecule has 0 spiro atoms. The third-order valence-corrected chi connectivity index (χ3v) is 3.45. The van der Waals surface area contributed by atoms with Gasteiger partial charge in [-0.1, -0.05) is 0 Å². The molecular formula is C14H17N3OS. The molecular weight excluding hydrogens is 258 g/mol. The van der Waals surface area contributed by atoms with Crippen LogP contribution in [0.25, 0.3) is 0 Å². The number of thiophene rings is 1. The fraction of sp³-hybridized carbons (Fsp3) is 0.286. The molecule has 0 aliphatic rings. The van der Waals surface area contributed by atoms with E-state index in [0.717, 1.165) is 12.1 Å². The van der Waals surface area contributed by atoms with E-state index in [1.807, 2.05) is 12.3 Å². The number of anilines is 1. The van der Waals surface area contributed by atoms with Gasteiger partial charge in [0.25, 0.3) is 0 Å². The molecule has 0 bridgehead atoms. The minimum atomic E-state index is -0.0139. The van der Waals surface area contributed by atoms with Gasteiger partial charge in [-0.25, -0.2) is 0 Å². The molecule has 1 atom stereocenters. The molecule has 2 aromatic rings. The van der Waals surface area contributed by atoms with E-state index in [1.165, 1.54) is 5.56 Å². The van der Waals surface area contributed by atoms with Gasteiger partial charge in [-0.3, -0.25) is 9.78 Å². The van der Waals surface area contributed by atoms with Crippen LogP contribution in [0.3, 0.4) is 0 Å². The van der Waals surface area contributed by atoms with Crippen molar-refractivity contribution in [2.24, 2.45) is 0 Å². The number of pyridine rings is 1. The summed E-state index contributed by atoms with van der Waals surface area (Å²) in [6.45, 7) is 2.01. The number of rotatable bonds is 5. The van der Waals surface area contributed by atoms with Gasteiger partial charge in [0, 0.05) is 11.7 Å². The van der Waals surface area contributed by atoms with Gasteiger partial charge in [0.15, 0.2) is 0 Å². The van der Waals surface area contributed by atoms with Crippen LogP contribution in [0.5, 0.6) is 0 Å². The molecule has 4 nitrogen and oxygen atoms in total. The van der Waals surface area contributed by atoms with E-state index in [4.69, 9.17) is 5.73 Å². The van der Waals surface area contributed by atoms with Crippen LogP contribution in [0.4, 0.5) is 5.69 Å². The summed E-state index contributed by atoms with van der Waals surface area (Å²) in [4.78, 5) is 16.0. The number of aromatic nitrogens is 1. The normalized spacial score (nSPS) is 12.1. The van der Waals surface area contributed by atoms with Gasteiger partial charge in [0.2, 0.25) is 5.91 Å². The highest BCUT2D eigenvalue weighted by molar-refractivity contribution is 7.07. The minimum absolute atomic E-state index is 0.0139. The Morgan fingerprint density at radius 1 is 1.47 bits per heavy atom. The van der Waals surface area contributed by atoms with Crippen molar-refractivity contribution in [1.29, 1.82) is 0 Å². The van der Waals surface area contributed by atoms with Crippen molar-refractivity contribution in [1.82, 2.24) is 10.3 Å². The zero-order valence-corrected chi connectivity index (χ0v) is 11.6. The van der Waals surface area contributed by atoms with E-state index < -0.39 is 0 Å². The van der Waals surface area contributed by atoms with E-state index in [1.54, 1.807) is 29.7 Å². The van der Waals surface area contributed by atoms with E-state index >= 15 is 0 Å². The van der Waals surface area contributed by atoms with Gasteiger partial charge in [-0.2, -0.15) is 11.3 Å². The molecule has 19 heavy (non-hydrogen) atoms. The zero-order chi connectivity index (χ0) is 13.7. The molecule has 0 aliphatic carbocycles. The number of amides is 1. The monoisotopic (exact) mass is 275 g/mol. The molecule has 0 aromatic carbocycles. The summed E-state index contributed by atoms with van der Waals surface area (Å²) in [7, 11) is 0. The van der Waals surface area contributed by atoms with Crippen LogP contribution < -0.4 is 11.1 Å². The maximum atomic E-state index is 11.9. The lowest BCUT2D eigenvalue weighted by Gasteiger charge is -2.13. The first-order valence-electron chi connectivity index (χ1n) is 6.14. The van der Waals surface area contributed by atoms with Gasteiger partial charge in [0.1, 0.15) is 0 Å². The molecule has 3 N–H and O–H groups in total. The Bertz CT molecular complexity index is 522. The Labute approximate surface area is 116 Å². The topological polar surface area (TPSA) is 68.0 Å². The lowest BCUT2D eigenvalue weighted by atomic mass is 10.1. The van der Waals surface area contributed by atoms with Gasteiger partial charge in [0.05, 0.1) is 18.3 Å². The molecule has 0 saturated heterocycles. The summed E-state index contributed by atoms with van der Waals surface area (Å²) in [5, 5.41) is 7.12. The SMILES string of the molecule is CC(Cc1ccsc1)NC(=O)Cc1ccc(N)cn1. The number of nitrogens with one attached hydrogen (secondary N) is 1. The number of hydrogen-bond donors (Lipinski definition) is 2. The number of nitrogen functional groups attached to an aromatic ring is 1. The predicted octanol–water partition coefficient (Wildman–Crippen LogP) is 2.02. The van der Waals surface area contributed by atoms with Crippen LogP contribution in [0.2, 0.25) is 0 Å². The largest absolute Gasteiger partial charge is 0.397 e. The second-order valence-corrected chi connectivity index (χ2v) is 5.34. The third kappa shape index (κ3) is 4.37. The van der Waals surface area contributed by atoms with Gasteiger partial charge >= 0.3 is 0 Å². The highest BCUT2D eigenvalue weighted by Gasteiger charge is 2.09. The molecule has 2 heterocycles. The second kappa shape index (κ2) is 6.33. The molecule has 0 aliphatic heterocycles. The first kappa shape index (κ1) is 13.5. The van der Waals surface area contributed by atoms with E-state index in [9.17, 15) is 4.79 Å². The van der Waals surface area contributed by atoms with Crippen LogP contribution in [-0.4, -0.2) is 16.9 Å². The Kier molecular flexibility index (Phi) is 4.52. The van der Waals surface area contributed by atoms with Gasteiger partial charge in [-0.05, 0) is 47.9 Å². The first-order valence-corrected chi connectivity index (χ1v) is 7.08. The number of nitrogens with two attached hydrogens (primary N) is 1. The summed E-state index contributed by atoms with van der Waals surface area (Å²) in [6, 6.07) is 5.73. The standard InChI is InChI=1S/C14H17N3OS/c1-10(6-11-4-5-19-9-11)17-14(18)7-13-3-2-12(15)8-16-13/h2-5,8-10H,6-7,15H2,1H3,(H,17,18). The third-order valence-electron chi connectivity index (χ3n) is 2.72. The van der Waals surface area contributed by atoms with Crippen molar-refractivity contribution in [3.05, 3.63) is 46.4 Å². The first-order chi connectivity index (χ1) is 9.13. The minimum Gasteiger partial charge on any atom is -0.397 e.